The molecular weight excluding hydrogens is 154 g/mol. The van der Waals surface area contributed by atoms with Crippen molar-refractivity contribution in [1.82, 2.24) is 0 Å². The number of carbonyl (C=O) groups excluding carboxylic acids is 1. The summed E-state index contributed by atoms with van der Waals surface area (Å²) in [7, 11) is 0. The van der Waals surface area contributed by atoms with Gasteiger partial charge in [-0.25, -0.2) is 0 Å². The van der Waals surface area contributed by atoms with Gasteiger partial charge in [0.1, 0.15) is 0 Å². The Kier molecular flexibility index (Phi) is 2.45. The number of hydrogen-bond donors (Lipinski definition) is 2. The van der Waals surface area contributed by atoms with Crippen LogP contribution in [-0.4, -0.2) is 11.0 Å². The molecule has 0 aliphatic rings. The van der Waals surface area contributed by atoms with E-state index in [2.05, 4.69) is 0 Å². The molecule has 1 amide bonds. The Hall–Kier alpha value is -1.35. The van der Waals surface area contributed by atoms with Crippen LogP contribution in [0.4, 0.5) is 0 Å². The molecule has 1 unspecified atom stereocenters. The van der Waals surface area contributed by atoms with Crippen molar-refractivity contribution in [3.05, 3.63) is 35.4 Å². The fraction of sp³-hybridized carbons (Fsp3) is 0.222. The number of amides is 1. The van der Waals surface area contributed by atoms with E-state index in [-0.39, 0.29) is 0 Å². The van der Waals surface area contributed by atoms with Gasteiger partial charge in [-0.05, 0) is 18.6 Å². The van der Waals surface area contributed by atoms with Crippen LogP contribution in [0.5, 0.6) is 0 Å². The van der Waals surface area contributed by atoms with Gasteiger partial charge in [0, 0.05) is 5.56 Å². The summed E-state index contributed by atoms with van der Waals surface area (Å²) in [6, 6.07) is 6.76. The van der Waals surface area contributed by atoms with E-state index in [1.807, 2.05) is 0 Å². The number of rotatable bonds is 2. The second-order valence-electron chi connectivity index (χ2n) is 2.63. The lowest BCUT2D eigenvalue weighted by atomic mass is 10.0. The Labute approximate surface area is 70.8 Å². The van der Waals surface area contributed by atoms with Gasteiger partial charge in [0.25, 0.3) is 0 Å². The zero-order valence-electron chi connectivity index (χ0n) is 6.82. The third kappa shape index (κ3) is 1.62. The lowest BCUT2D eigenvalue weighted by Crippen LogP contribution is -2.14. The van der Waals surface area contributed by atoms with Crippen molar-refractivity contribution in [2.45, 2.75) is 13.0 Å². The first-order valence-corrected chi connectivity index (χ1v) is 3.69. The van der Waals surface area contributed by atoms with Crippen molar-refractivity contribution >= 4 is 5.91 Å². The average molecular weight is 165 g/mol. The van der Waals surface area contributed by atoms with Gasteiger partial charge in [0.15, 0.2) is 0 Å². The zero-order valence-corrected chi connectivity index (χ0v) is 6.82. The van der Waals surface area contributed by atoms with Crippen LogP contribution in [0.1, 0.15) is 28.9 Å². The number of aliphatic hydroxyl groups is 1. The Morgan fingerprint density at radius 1 is 1.50 bits per heavy atom. The molecule has 0 saturated heterocycles. The van der Waals surface area contributed by atoms with Gasteiger partial charge in [-0.2, -0.15) is 0 Å². The fourth-order valence-electron chi connectivity index (χ4n) is 1.09. The quantitative estimate of drug-likeness (QED) is 0.682. The van der Waals surface area contributed by atoms with Crippen molar-refractivity contribution in [1.29, 1.82) is 0 Å². The third-order valence-electron chi connectivity index (χ3n) is 1.68. The summed E-state index contributed by atoms with van der Waals surface area (Å²) in [6.45, 7) is 1.60. The number of hydrogen-bond acceptors (Lipinski definition) is 2. The first kappa shape index (κ1) is 8.74. The minimum atomic E-state index is -0.659. The second-order valence-corrected chi connectivity index (χ2v) is 2.63. The Morgan fingerprint density at radius 2 is 2.08 bits per heavy atom. The maximum Gasteiger partial charge on any atom is 0.249 e. The molecule has 12 heavy (non-hydrogen) atoms. The lowest BCUT2D eigenvalue weighted by Gasteiger charge is -2.07. The molecule has 0 bridgehead atoms. The summed E-state index contributed by atoms with van der Waals surface area (Å²) in [5.41, 5.74) is 6.06. The van der Waals surface area contributed by atoms with E-state index in [4.69, 9.17) is 5.73 Å². The third-order valence-corrected chi connectivity index (χ3v) is 1.68. The van der Waals surface area contributed by atoms with Crippen molar-refractivity contribution in [2.24, 2.45) is 5.73 Å². The Balaban J connectivity index is 3.17. The summed E-state index contributed by atoms with van der Waals surface area (Å²) >= 11 is 0. The monoisotopic (exact) mass is 165 g/mol. The van der Waals surface area contributed by atoms with Crippen LogP contribution in [0.2, 0.25) is 0 Å². The molecule has 0 fully saturated rings. The van der Waals surface area contributed by atoms with Gasteiger partial charge in [-0.3, -0.25) is 4.79 Å². The van der Waals surface area contributed by atoms with Crippen LogP contribution in [-0.2, 0) is 0 Å². The maximum absolute atomic E-state index is 10.8. The normalized spacial score (nSPS) is 12.5. The number of aliphatic hydroxyl groups excluding tert-OH is 1. The summed E-state index contributed by atoms with van der Waals surface area (Å²) in [6.07, 6.45) is -0.659. The van der Waals surface area contributed by atoms with E-state index in [0.29, 0.717) is 11.1 Å². The second kappa shape index (κ2) is 3.36. The molecule has 1 atom stereocenters. The topological polar surface area (TPSA) is 63.3 Å². The Bertz CT molecular complexity index is 294. The summed E-state index contributed by atoms with van der Waals surface area (Å²) in [5.74, 6) is -0.508. The van der Waals surface area contributed by atoms with Crippen molar-refractivity contribution < 1.29 is 9.90 Å². The van der Waals surface area contributed by atoms with E-state index < -0.39 is 12.0 Å². The first-order chi connectivity index (χ1) is 5.63. The van der Waals surface area contributed by atoms with Gasteiger partial charge in [0.2, 0.25) is 5.91 Å². The number of benzene rings is 1. The van der Waals surface area contributed by atoms with Crippen molar-refractivity contribution in [3.63, 3.8) is 0 Å². The number of nitrogens with two attached hydrogens (primary N) is 1. The van der Waals surface area contributed by atoms with Gasteiger partial charge in [-0.15, -0.1) is 0 Å². The van der Waals surface area contributed by atoms with Crippen LogP contribution in [0.25, 0.3) is 0 Å². The van der Waals surface area contributed by atoms with Crippen LogP contribution in [0.15, 0.2) is 24.3 Å². The predicted molar refractivity (Wildman–Crippen MR) is 45.6 cm³/mol. The molecule has 1 aromatic rings. The van der Waals surface area contributed by atoms with Gasteiger partial charge in [0.05, 0.1) is 6.10 Å². The highest BCUT2D eigenvalue weighted by atomic mass is 16.3. The van der Waals surface area contributed by atoms with Crippen LogP contribution >= 0.6 is 0 Å². The van der Waals surface area contributed by atoms with Crippen LogP contribution in [0, 0.1) is 0 Å². The molecule has 3 nitrogen and oxygen atoms in total. The molecule has 0 saturated carbocycles. The number of primary amides is 1. The highest BCUT2D eigenvalue weighted by Crippen LogP contribution is 2.16. The minimum Gasteiger partial charge on any atom is -0.389 e. The van der Waals surface area contributed by atoms with Crippen LogP contribution < -0.4 is 5.73 Å². The van der Waals surface area contributed by atoms with Crippen molar-refractivity contribution in [3.8, 4) is 0 Å². The molecule has 3 heteroatoms. The highest BCUT2D eigenvalue weighted by Gasteiger charge is 2.10. The largest absolute Gasteiger partial charge is 0.389 e. The standard InChI is InChI=1S/C9H11NO2/c1-6(11)7-4-2-3-5-8(7)9(10)12/h2-6,11H,1H3,(H2,10,12). The molecule has 0 aromatic heterocycles. The molecule has 0 aliphatic heterocycles. The molecule has 1 rings (SSSR count). The molecule has 3 N–H and O–H groups in total. The van der Waals surface area contributed by atoms with Gasteiger partial charge in [-0.1, -0.05) is 18.2 Å². The average Bonchev–Trinajstić information content (AvgIpc) is 2.04. The lowest BCUT2D eigenvalue weighted by molar-refractivity contribution is 0.0994. The molecular formula is C9H11NO2. The van der Waals surface area contributed by atoms with Crippen molar-refractivity contribution in [2.75, 3.05) is 0 Å². The molecule has 0 spiro atoms. The van der Waals surface area contributed by atoms with E-state index in [1.54, 1.807) is 31.2 Å². The summed E-state index contributed by atoms with van der Waals surface area (Å²) < 4.78 is 0. The Morgan fingerprint density at radius 3 is 2.50 bits per heavy atom. The van der Waals surface area contributed by atoms with E-state index in [0.717, 1.165) is 0 Å². The predicted octanol–water partition coefficient (Wildman–Crippen LogP) is 0.839. The first-order valence-electron chi connectivity index (χ1n) is 3.69. The van der Waals surface area contributed by atoms with E-state index >= 15 is 0 Å². The molecule has 1 aromatic carbocycles. The van der Waals surface area contributed by atoms with E-state index in [9.17, 15) is 9.90 Å². The fourth-order valence-corrected chi connectivity index (χ4v) is 1.09. The van der Waals surface area contributed by atoms with Crippen LogP contribution in [0.3, 0.4) is 0 Å². The summed E-state index contributed by atoms with van der Waals surface area (Å²) in [4.78, 5) is 10.8. The van der Waals surface area contributed by atoms with Gasteiger partial charge < -0.3 is 10.8 Å². The molecule has 0 radical (unpaired) electrons. The summed E-state index contributed by atoms with van der Waals surface area (Å²) in [5, 5.41) is 9.25. The van der Waals surface area contributed by atoms with E-state index in [1.165, 1.54) is 0 Å². The number of carbonyl (C=O) groups is 1. The highest BCUT2D eigenvalue weighted by molar-refractivity contribution is 5.94. The smallest absolute Gasteiger partial charge is 0.249 e. The zero-order chi connectivity index (χ0) is 9.14. The van der Waals surface area contributed by atoms with Gasteiger partial charge >= 0.3 is 0 Å². The maximum atomic E-state index is 10.8. The molecule has 0 heterocycles. The molecule has 0 aliphatic carbocycles. The minimum absolute atomic E-state index is 0.382. The SMILES string of the molecule is CC(O)c1ccccc1C(N)=O. The molecule has 64 valence electrons.